The van der Waals surface area contributed by atoms with Gasteiger partial charge in [0.05, 0.1) is 18.9 Å². The van der Waals surface area contributed by atoms with Crippen molar-refractivity contribution in [3.05, 3.63) is 83.4 Å². The number of nitrogens with zero attached hydrogens (tertiary/aromatic N) is 2. The molecule has 5 rings (SSSR count). The molecular weight excluding hydrogens is 368 g/mol. The Hall–Kier alpha value is -3.67. The maximum atomic E-state index is 10.3. The van der Waals surface area contributed by atoms with E-state index in [0.29, 0.717) is 17.9 Å². The topological polar surface area (TPSA) is 74.5 Å². The van der Waals surface area contributed by atoms with Gasteiger partial charge in [-0.25, -0.2) is 5.01 Å². The highest BCUT2D eigenvalue weighted by molar-refractivity contribution is 6.04. The second-order valence-corrected chi connectivity index (χ2v) is 7.10. The van der Waals surface area contributed by atoms with Crippen LogP contribution in [0.4, 0.5) is 0 Å². The van der Waals surface area contributed by atoms with E-state index < -0.39 is 6.23 Å². The van der Waals surface area contributed by atoms with Gasteiger partial charge in [0.25, 0.3) is 0 Å². The zero-order valence-corrected chi connectivity index (χ0v) is 15.8. The standard InChI is InChI=1S/C23H20N2O4/c1-28-21-8-4-6-17-19-13-18(16-5-2-3-7-20(16)27)24-25(19)23(29-22(17)21)14-9-11-15(26)12-10-14/h2-12,19,23,26-27H,13H2,1H3. The van der Waals surface area contributed by atoms with Gasteiger partial charge in [-0.2, -0.15) is 5.10 Å². The van der Waals surface area contributed by atoms with Gasteiger partial charge in [-0.3, -0.25) is 0 Å². The Morgan fingerprint density at radius 3 is 2.55 bits per heavy atom. The monoisotopic (exact) mass is 388 g/mol. The third-order valence-electron chi connectivity index (χ3n) is 5.39. The lowest BCUT2D eigenvalue weighted by Crippen LogP contribution is -2.33. The fourth-order valence-electron chi connectivity index (χ4n) is 3.98. The number of phenols is 2. The molecule has 0 fully saturated rings. The Morgan fingerprint density at radius 1 is 1.00 bits per heavy atom. The van der Waals surface area contributed by atoms with Crippen LogP contribution in [0, 0.1) is 0 Å². The Balaban J connectivity index is 1.63. The number of hydrazone groups is 1. The quantitative estimate of drug-likeness (QED) is 0.698. The van der Waals surface area contributed by atoms with Gasteiger partial charge in [0.2, 0.25) is 6.23 Å². The molecule has 0 saturated heterocycles. The number of benzene rings is 3. The number of para-hydroxylation sites is 2. The molecule has 146 valence electrons. The molecule has 2 atom stereocenters. The predicted molar refractivity (Wildman–Crippen MR) is 108 cm³/mol. The average Bonchev–Trinajstić information content (AvgIpc) is 3.19. The zero-order chi connectivity index (χ0) is 20.0. The summed E-state index contributed by atoms with van der Waals surface area (Å²) in [4.78, 5) is 0. The minimum Gasteiger partial charge on any atom is -0.508 e. The fourth-order valence-corrected chi connectivity index (χ4v) is 3.98. The van der Waals surface area contributed by atoms with Crippen LogP contribution in [0.5, 0.6) is 23.0 Å². The van der Waals surface area contributed by atoms with E-state index in [2.05, 4.69) is 0 Å². The van der Waals surface area contributed by atoms with Crippen LogP contribution in [0.2, 0.25) is 0 Å². The summed E-state index contributed by atoms with van der Waals surface area (Å²) in [6.45, 7) is 0. The van der Waals surface area contributed by atoms with E-state index >= 15 is 0 Å². The molecule has 6 nitrogen and oxygen atoms in total. The van der Waals surface area contributed by atoms with Crippen LogP contribution in [0.3, 0.4) is 0 Å². The van der Waals surface area contributed by atoms with E-state index in [1.54, 1.807) is 31.4 Å². The molecule has 3 aromatic rings. The van der Waals surface area contributed by atoms with Gasteiger partial charge in [-0.1, -0.05) is 24.3 Å². The smallest absolute Gasteiger partial charge is 0.214 e. The summed E-state index contributed by atoms with van der Waals surface area (Å²) in [5.74, 6) is 1.77. The molecular formula is C23H20N2O4. The van der Waals surface area contributed by atoms with Crippen molar-refractivity contribution in [2.45, 2.75) is 18.7 Å². The molecule has 2 N–H and O–H groups in total. The maximum Gasteiger partial charge on any atom is 0.214 e. The van der Waals surface area contributed by atoms with E-state index in [0.717, 1.165) is 22.4 Å². The van der Waals surface area contributed by atoms with Crippen LogP contribution in [-0.2, 0) is 0 Å². The normalized spacial score (nSPS) is 19.8. The molecule has 0 bridgehead atoms. The first-order valence-electron chi connectivity index (χ1n) is 9.42. The Kier molecular flexibility index (Phi) is 4.05. The van der Waals surface area contributed by atoms with Gasteiger partial charge >= 0.3 is 0 Å². The fraction of sp³-hybridized carbons (Fsp3) is 0.174. The lowest BCUT2D eigenvalue weighted by atomic mass is 9.95. The van der Waals surface area contributed by atoms with E-state index in [1.807, 2.05) is 47.5 Å². The predicted octanol–water partition coefficient (Wildman–Crippen LogP) is 4.35. The summed E-state index contributed by atoms with van der Waals surface area (Å²) in [5.41, 5.74) is 3.38. The van der Waals surface area contributed by atoms with E-state index in [9.17, 15) is 10.2 Å². The van der Waals surface area contributed by atoms with Crippen LogP contribution in [-0.4, -0.2) is 28.0 Å². The summed E-state index contributed by atoms with van der Waals surface area (Å²) >= 11 is 0. The van der Waals surface area contributed by atoms with Crippen LogP contribution in [0.1, 0.15) is 35.4 Å². The van der Waals surface area contributed by atoms with Gasteiger partial charge in [0.15, 0.2) is 11.5 Å². The number of hydrogen-bond acceptors (Lipinski definition) is 6. The van der Waals surface area contributed by atoms with Gasteiger partial charge in [-0.15, -0.1) is 0 Å². The van der Waals surface area contributed by atoms with Crippen molar-refractivity contribution in [2.75, 3.05) is 7.11 Å². The van der Waals surface area contributed by atoms with Crippen molar-refractivity contribution < 1.29 is 19.7 Å². The first-order valence-corrected chi connectivity index (χ1v) is 9.42. The van der Waals surface area contributed by atoms with E-state index in [-0.39, 0.29) is 17.5 Å². The maximum absolute atomic E-state index is 10.3. The highest BCUT2D eigenvalue weighted by Crippen LogP contribution is 2.51. The van der Waals surface area contributed by atoms with Crippen molar-refractivity contribution in [2.24, 2.45) is 5.10 Å². The molecule has 29 heavy (non-hydrogen) atoms. The van der Waals surface area contributed by atoms with Gasteiger partial charge in [0, 0.05) is 23.1 Å². The molecule has 2 aliphatic rings. The number of methoxy groups -OCH3 is 1. The second-order valence-electron chi connectivity index (χ2n) is 7.10. The Morgan fingerprint density at radius 2 is 1.79 bits per heavy atom. The van der Waals surface area contributed by atoms with Crippen molar-refractivity contribution in [1.29, 1.82) is 0 Å². The summed E-state index contributed by atoms with van der Waals surface area (Å²) in [6, 6.07) is 19.9. The minimum atomic E-state index is -0.479. The van der Waals surface area contributed by atoms with Crippen molar-refractivity contribution in [3.63, 3.8) is 0 Å². The molecule has 0 amide bonds. The van der Waals surface area contributed by atoms with Gasteiger partial charge < -0.3 is 19.7 Å². The van der Waals surface area contributed by atoms with E-state index in [4.69, 9.17) is 14.6 Å². The molecule has 0 spiro atoms. The average molecular weight is 388 g/mol. The van der Waals surface area contributed by atoms with Crippen molar-refractivity contribution in [1.82, 2.24) is 5.01 Å². The molecule has 2 aliphatic heterocycles. The number of fused-ring (bicyclic) bond motifs is 3. The van der Waals surface area contributed by atoms with Crippen molar-refractivity contribution >= 4 is 5.71 Å². The summed E-state index contributed by atoms with van der Waals surface area (Å²) in [6.07, 6.45) is 0.156. The number of rotatable bonds is 3. The third-order valence-corrected chi connectivity index (χ3v) is 5.39. The highest BCUT2D eigenvalue weighted by atomic mass is 16.5. The first kappa shape index (κ1) is 17.4. The second kappa shape index (κ2) is 6.74. The molecule has 0 saturated carbocycles. The van der Waals surface area contributed by atoms with Crippen LogP contribution < -0.4 is 9.47 Å². The molecule has 0 aromatic heterocycles. The summed E-state index contributed by atoms with van der Waals surface area (Å²) < 4.78 is 11.9. The van der Waals surface area contributed by atoms with Crippen molar-refractivity contribution in [3.8, 4) is 23.0 Å². The number of aromatic hydroxyl groups is 2. The minimum absolute atomic E-state index is 0.0535. The molecule has 2 unspecified atom stereocenters. The summed E-state index contributed by atoms with van der Waals surface area (Å²) in [5, 5.41) is 26.8. The molecule has 3 aromatic carbocycles. The van der Waals surface area contributed by atoms with Gasteiger partial charge in [0.1, 0.15) is 11.5 Å². The lowest BCUT2D eigenvalue weighted by Gasteiger charge is -2.38. The van der Waals surface area contributed by atoms with Crippen LogP contribution in [0.15, 0.2) is 71.8 Å². The summed E-state index contributed by atoms with van der Waals surface area (Å²) in [7, 11) is 1.62. The third kappa shape index (κ3) is 2.84. The lowest BCUT2D eigenvalue weighted by molar-refractivity contribution is -0.0209. The largest absolute Gasteiger partial charge is 0.508 e. The Labute approximate surface area is 168 Å². The SMILES string of the molecule is COc1cccc2c1OC(c1ccc(O)cc1)N1N=C(c3ccccc3O)CC21. The molecule has 0 radical (unpaired) electrons. The number of phenolic OH excluding ortho intramolecular Hbond substituents is 2. The van der Waals surface area contributed by atoms with E-state index in [1.165, 1.54) is 0 Å². The molecule has 2 heterocycles. The molecule has 6 heteroatoms. The van der Waals surface area contributed by atoms with Gasteiger partial charge in [-0.05, 0) is 42.5 Å². The highest BCUT2D eigenvalue weighted by Gasteiger charge is 2.42. The van der Waals surface area contributed by atoms with Crippen LogP contribution in [0.25, 0.3) is 0 Å². The van der Waals surface area contributed by atoms with Crippen LogP contribution >= 0.6 is 0 Å². The Bertz CT molecular complexity index is 1090. The number of ether oxygens (including phenoxy) is 2. The first-order chi connectivity index (χ1) is 14.2. The molecule has 0 aliphatic carbocycles. The zero-order valence-electron chi connectivity index (χ0n) is 15.8. The number of hydrogen-bond donors (Lipinski definition) is 2.